The molecule has 3 aromatic rings. The van der Waals surface area contributed by atoms with Gasteiger partial charge in [0.05, 0.1) is 14.2 Å². The normalized spacial score (nSPS) is 10.8. The van der Waals surface area contributed by atoms with Gasteiger partial charge in [-0.3, -0.25) is 0 Å². The molecular formula is C12H6BrFN2O2S. The highest BCUT2D eigenvalue weighted by molar-refractivity contribution is 9.11. The lowest BCUT2D eigenvalue weighted by atomic mass is 10.2. The zero-order chi connectivity index (χ0) is 13.4. The SMILES string of the molecule is Oc1cc(F)ccc1-c1nc(-c2ccc(Br)s2)no1. The van der Waals surface area contributed by atoms with Crippen LogP contribution < -0.4 is 0 Å². The van der Waals surface area contributed by atoms with E-state index < -0.39 is 5.82 Å². The molecule has 0 aliphatic heterocycles. The van der Waals surface area contributed by atoms with Crippen LogP contribution in [0.1, 0.15) is 0 Å². The van der Waals surface area contributed by atoms with E-state index in [-0.39, 0.29) is 11.6 Å². The van der Waals surface area contributed by atoms with E-state index in [0.717, 1.165) is 14.7 Å². The zero-order valence-electron chi connectivity index (χ0n) is 9.30. The lowest BCUT2D eigenvalue weighted by molar-refractivity contribution is 0.425. The van der Waals surface area contributed by atoms with Crippen molar-refractivity contribution < 1.29 is 14.0 Å². The molecule has 0 amide bonds. The molecule has 0 bridgehead atoms. The summed E-state index contributed by atoms with van der Waals surface area (Å²) in [6.45, 7) is 0. The average Bonchev–Trinajstić information content (AvgIpc) is 2.97. The molecule has 4 nitrogen and oxygen atoms in total. The van der Waals surface area contributed by atoms with E-state index in [9.17, 15) is 9.50 Å². The summed E-state index contributed by atoms with van der Waals surface area (Å²) in [5.74, 6) is -0.183. The van der Waals surface area contributed by atoms with Crippen LogP contribution in [0.3, 0.4) is 0 Å². The first-order chi connectivity index (χ1) is 9.13. The quantitative estimate of drug-likeness (QED) is 0.763. The Morgan fingerprint density at radius 2 is 2.11 bits per heavy atom. The molecule has 3 rings (SSSR count). The predicted octanol–water partition coefficient (Wildman–Crippen LogP) is 4.07. The molecule has 1 N–H and O–H groups in total. The van der Waals surface area contributed by atoms with Crippen LogP contribution >= 0.6 is 27.3 Å². The standard InChI is InChI=1S/C12H6BrFN2O2S/c13-10-4-3-9(19-10)11-15-12(18-16-11)7-2-1-6(14)5-8(7)17/h1-5,17H. The minimum absolute atomic E-state index is 0.150. The van der Waals surface area contributed by atoms with Crippen molar-refractivity contribution in [3.05, 3.63) is 39.9 Å². The van der Waals surface area contributed by atoms with Crippen molar-refractivity contribution >= 4 is 27.3 Å². The Labute approximate surface area is 119 Å². The third-order valence-corrected chi connectivity index (χ3v) is 4.03. The van der Waals surface area contributed by atoms with Gasteiger partial charge in [0.1, 0.15) is 11.6 Å². The monoisotopic (exact) mass is 340 g/mol. The van der Waals surface area contributed by atoms with Gasteiger partial charge >= 0.3 is 0 Å². The van der Waals surface area contributed by atoms with Gasteiger partial charge in [0.25, 0.3) is 5.89 Å². The Morgan fingerprint density at radius 3 is 2.79 bits per heavy atom. The van der Waals surface area contributed by atoms with Gasteiger partial charge in [0.15, 0.2) is 0 Å². The molecule has 0 atom stereocenters. The van der Waals surface area contributed by atoms with Gasteiger partial charge in [-0.1, -0.05) is 5.16 Å². The summed E-state index contributed by atoms with van der Waals surface area (Å²) in [6.07, 6.45) is 0. The summed E-state index contributed by atoms with van der Waals surface area (Å²) < 4.78 is 18.9. The van der Waals surface area contributed by atoms with Gasteiger partial charge in [-0.25, -0.2) is 4.39 Å². The van der Waals surface area contributed by atoms with Crippen LogP contribution in [0.2, 0.25) is 0 Å². The smallest absolute Gasteiger partial charge is 0.262 e. The summed E-state index contributed by atoms with van der Waals surface area (Å²) >= 11 is 4.82. The number of benzene rings is 1. The Balaban J connectivity index is 2.01. The fourth-order valence-electron chi connectivity index (χ4n) is 1.55. The average molecular weight is 341 g/mol. The van der Waals surface area contributed by atoms with E-state index in [0.29, 0.717) is 11.4 Å². The van der Waals surface area contributed by atoms with Crippen LogP contribution in [0.15, 0.2) is 38.6 Å². The van der Waals surface area contributed by atoms with Crippen LogP contribution in [0.5, 0.6) is 5.75 Å². The largest absolute Gasteiger partial charge is 0.507 e. The van der Waals surface area contributed by atoms with Crippen molar-refractivity contribution in [2.24, 2.45) is 0 Å². The maximum absolute atomic E-state index is 12.9. The van der Waals surface area contributed by atoms with Crippen LogP contribution in [0, 0.1) is 5.82 Å². The van der Waals surface area contributed by atoms with Gasteiger partial charge in [-0.2, -0.15) is 4.98 Å². The number of thiophene rings is 1. The predicted molar refractivity (Wildman–Crippen MR) is 72.4 cm³/mol. The van der Waals surface area contributed by atoms with Gasteiger partial charge in [-0.15, -0.1) is 11.3 Å². The van der Waals surface area contributed by atoms with Crippen molar-refractivity contribution in [3.8, 4) is 27.9 Å². The van der Waals surface area contributed by atoms with Gasteiger partial charge in [-0.05, 0) is 40.2 Å². The number of aromatic hydroxyl groups is 1. The van der Waals surface area contributed by atoms with Crippen molar-refractivity contribution in [2.45, 2.75) is 0 Å². The first kappa shape index (κ1) is 12.3. The number of phenols is 1. The van der Waals surface area contributed by atoms with Gasteiger partial charge in [0.2, 0.25) is 5.82 Å². The molecule has 0 saturated carbocycles. The fraction of sp³-hybridized carbons (Fsp3) is 0. The highest BCUT2D eigenvalue weighted by Gasteiger charge is 2.15. The van der Waals surface area contributed by atoms with Crippen molar-refractivity contribution in [1.29, 1.82) is 0 Å². The van der Waals surface area contributed by atoms with Crippen LogP contribution in [-0.2, 0) is 0 Å². The number of halogens is 2. The van der Waals surface area contributed by atoms with Crippen molar-refractivity contribution in [2.75, 3.05) is 0 Å². The Bertz CT molecular complexity index is 741. The van der Waals surface area contributed by atoms with Crippen LogP contribution in [0.25, 0.3) is 22.2 Å². The van der Waals surface area contributed by atoms with Crippen molar-refractivity contribution in [1.82, 2.24) is 10.1 Å². The molecule has 0 aliphatic rings. The van der Waals surface area contributed by atoms with Crippen LogP contribution in [-0.4, -0.2) is 15.2 Å². The number of nitrogens with zero attached hydrogens (tertiary/aromatic N) is 2. The second-order valence-corrected chi connectivity index (χ2v) is 6.15. The Morgan fingerprint density at radius 1 is 1.26 bits per heavy atom. The Hall–Kier alpha value is -1.73. The summed E-state index contributed by atoms with van der Waals surface area (Å²) in [6, 6.07) is 7.35. The second-order valence-electron chi connectivity index (χ2n) is 3.69. The van der Waals surface area contributed by atoms with E-state index in [1.54, 1.807) is 0 Å². The van der Waals surface area contributed by atoms with Gasteiger partial charge in [0, 0.05) is 6.07 Å². The first-order valence-corrected chi connectivity index (χ1v) is 6.83. The zero-order valence-corrected chi connectivity index (χ0v) is 11.7. The highest BCUT2D eigenvalue weighted by atomic mass is 79.9. The maximum atomic E-state index is 12.9. The molecule has 0 radical (unpaired) electrons. The molecule has 2 heterocycles. The third kappa shape index (κ3) is 2.39. The highest BCUT2D eigenvalue weighted by Crippen LogP contribution is 2.33. The van der Waals surface area contributed by atoms with E-state index in [1.165, 1.54) is 23.5 Å². The molecule has 2 aromatic heterocycles. The lowest BCUT2D eigenvalue weighted by Crippen LogP contribution is -1.81. The van der Waals surface area contributed by atoms with E-state index in [4.69, 9.17) is 4.52 Å². The Kier molecular flexibility index (Phi) is 3.08. The summed E-state index contributed by atoms with van der Waals surface area (Å²) in [5, 5.41) is 13.5. The topological polar surface area (TPSA) is 59.2 Å². The molecule has 19 heavy (non-hydrogen) atoms. The third-order valence-electron chi connectivity index (χ3n) is 2.41. The molecule has 0 saturated heterocycles. The molecular weight excluding hydrogens is 335 g/mol. The number of phenolic OH excluding ortho intramolecular Hbond substituents is 1. The number of aromatic nitrogens is 2. The molecule has 0 spiro atoms. The van der Waals surface area contributed by atoms with E-state index in [1.807, 2.05) is 12.1 Å². The molecule has 1 aromatic carbocycles. The maximum Gasteiger partial charge on any atom is 0.262 e. The fourth-order valence-corrected chi connectivity index (χ4v) is 2.86. The number of hydrogen-bond donors (Lipinski definition) is 1. The van der Waals surface area contributed by atoms with E-state index >= 15 is 0 Å². The molecule has 0 unspecified atom stereocenters. The first-order valence-electron chi connectivity index (χ1n) is 5.22. The summed E-state index contributed by atoms with van der Waals surface area (Å²) in [7, 11) is 0. The minimum Gasteiger partial charge on any atom is -0.507 e. The summed E-state index contributed by atoms with van der Waals surface area (Å²) in [5.41, 5.74) is 0.302. The molecule has 7 heteroatoms. The van der Waals surface area contributed by atoms with E-state index in [2.05, 4.69) is 26.1 Å². The number of hydrogen-bond acceptors (Lipinski definition) is 5. The summed E-state index contributed by atoms with van der Waals surface area (Å²) in [4.78, 5) is 5.02. The minimum atomic E-state index is -0.525. The molecule has 0 fully saturated rings. The van der Waals surface area contributed by atoms with Crippen molar-refractivity contribution in [3.63, 3.8) is 0 Å². The van der Waals surface area contributed by atoms with Crippen LogP contribution in [0.4, 0.5) is 4.39 Å². The molecule has 0 aliphatic carbocycles. The number of rotatable bonds is 2. The second kappa shape index (κ2) is 4.75. The molecule has 96 valence electrons. The van der Waals surface area contributed by atoms with Gasteiger partial charge < -0.3 is 9.63 Å². The lowest BCUT2D eigenvalue weighted by Gasteiger charge is -1.97.